The summed E-state index contributed by atoms with van der Waals surface area (Å²) in [4.78, 5) is 0. The molecule has 3 nitrogen and oxygen atoms in total. The summed E-state index contributed by atoms with van der Waals surface area (Å²) >= 11 is 0. The molecule has 2 aromatic rings. The molecule has 0 fully saturated rings. The molecule has 1 aliphatic heterocycles. The number of hydrogen-bond acceptors (Lipinski definition) is 3. The van der Waals surface area contributed by atoms with E-state index in [1.165, 1.54) is 12.1 Å². The standard InChI is InChI=1S/C16H16FNO2/c17-13-4-1-3-12(9-13)11-18-14-5-6-15-16(10-14)20-8-2-7-19-15/h1,3-6,9-10,18H,2,7-8,11H2. The fourth-order valence-electron chi connectivity index (χ4n) is 2.12. The van der Waals surface area contributed by atoms with E-state index in [9.17, 15) is 4.39 Å². The number of halogens is 1. The molecule has 1 aliphatic rings. The molecule has 0 saturated carbocycles. The molecule has 0 aromatic heterocycles. The van der Waals surface area contributed by atoms with Gasteiger partial charge in [-0.3, -0.25) is 0 Å². The maximum absolute atomic E-state index is 13.1. The summed E-state index contributed by atoms with van der Waals surface area (Å²) in [6.07, 6.45) is 0.890. The third-order valence-corrected chi connectivity index (χ3v) is 3.13. The van der Waals surface area contributed by atoms with Crippen LogP contribution in [0.3, 0.4) is 0 Å². The van der Waals surface area contributed by atoms with Crippen molar-refractivity contribution in [3.8, 4) is 11.5 Å². The summed E-state index contributed by atoms with van der Waals surface area (Å²) in [5, 5.41) is 3.26. The van der Waals surface area contributed by atoms with E-state index in [4.69, 9.17) is 9.47 Å². The summed E-state index contributed by atoms with van der Waals surface area (Å²) in [6.45, 7) is 1.92. The zero-order valence-electron chi connectivity index (χ0n) is 11.1. The minimum atomic E-state index is -0.219. The van der Waals surface area contributed by atoms with Gasteiger partial charge in [-0.15, -0.1) is 0 Å². The highest BCUT2D eigenvalue weighted by atomic mass is 19.1. The van der Waals surface area contributed by atoms with Crippen molar-refractivity contribution in [3.05, 3.63) is 53.8 Å². The number of ether oxygens (including phenoxy) is 2. The molecule has 0 aliphatic carbocycles. The van der Waals surface area contributed by atoms with E-state index in [0.717, 1.165) is 29.2 Å². The smallest absolute Gasteiger partial charge is 0.163 e. The van der Waals surface area contributed by atoms with Crippen LogP contribution in [0, 0.1) is 5.82 Å². The molecule has 3 rings (SSSR count). The Labute approximate surface area is 117 Å². The first-order chi connectivity index (χ1) is 9.81. The Morgan fingerprint density at radius 3 is 2.70 bits per heavy atom. The molecule has 0 bridgehead atoms. The first-order valence-corrected chi connectivity index (χ1v) is 6.69. The van der Waals surface area contributed by atoms with Crippen LogP contribution in [-0.4, -0.2) is 13.2 Å². The van der Waals surface area contributed by atoms with Gasteiger partial charge in [0, 0.05) is 24.7 Å². The lowest BCUT2D eigenvalue weighted by atomic mass is 10.2. The Balaban J connectivity index is 1.70. The predicted octanol–water partition coefficient (Wildman–Crippen LogP) is 3.60. The van der Waals surface area contributed by atoms with E-state index >= 15 is 0 Å². The fraction of sp³-hybridized carbons (Fsp3) is 0.250. The van der Waals surface area contributed by atoms with Gasteiger partial charge in [0.1, 0.15) is 5.82 Å². The molecule has 2 aromatic carbocycles. The van der Waals surface area contributed by atoms with Crippen molar-refractivity contribution >= 4 is 5.69 Å². The van der Waals surface area contributed by atoms with Crippen molar-refractivity contribution in [3.63, 3.8) is 0 Å². The summed E-state index contributed by atoms with van der Waals surface area (Å²) < 4.78 is 24.3. The molecule has 0 unspecified atom stereocenters. The fourth-order valence-corrected chi connectivity index (χ4v) is 2.12. The second-order valence-corrected chi connectivity index (χ2v) is 4.70. The lowest BCUT2D eigenvalue weighted by molar-refractivity contribution is 0.297. The lowest BCUT2D eigenvalue weighted by Crippen LogP contribution is -2.00. The highest BCUT2D eigenvalue weighted by Gasteiger charge is 2.10. The Kier molecular flexibility index (Phi) is 3.72. The zero-order valence-corrected chi connectivity index (χ0v) is 11.1. The normalized spacial score (nSPS) is 13.7. The number of rotatable bonds is 3. The highest BCUT2D eigenvalue weighted by molar-refractivity contribution is 5.55. The molecule has 1 N–H and O–H groups in total. The zero-order chi connectivity index (χ0) is 13.8. The van der Waals surface area contributed by atoms with Gasteiger partial charge in [-0.2, -0.15) is 0 Å². The molecule has 0 atom stereocenters. The van der Waals surface area contributed by atoms with Crippen LogP contribution in [0.25, 0.3) is 0 Å². The highest BCUT2D eigenvalue weighted by Crippen LogP contribution is 2.32. The molecule has 4 heteroatoms. The Hall–Kier alpha value is -2.23. The van der Waals surface area contributed by atoms with Crippen molar-refractivity contribution in [2.75, 3.05) is 18.5 Å². The minimum absolute atomic E-state index is 0.219. The second kappa shape index (κ2) is 5.82. The van der Waals surface area contributed by atoms with Gasteiger partial charge in [-0.05, 0) is 29.8 Å². The van der Waals surface area contributed by atoms with E-state index in [1.807, 2.05) is 24.3 Å². The topological polar surface area (TPSA) is 30.5 Å². The van der Waals surface area contributed by atoms with E-state index < -0.39 is 0 Å². The first-order valence-electron chi connectivity index (χ1n) is 6.69. The van der Waals surface area contributed by atoms with Gasteiger partial charge in [0.15, 0.2) is 11.5 Å². The van der Waals surface area contributed by atoms with Crippen molar-refractivity contribution in [1.82, 2.24) is 0 Å². The predicted molar refractivity (Wildman–Crippen MR) is 75.8 cm³/mol. The molecule has 0 saturated heterocycles. The average Bonchev–Trinajstić information content (AvgIpc) is 2.70. The van der Waals surface area contributed by atoms with Crippen LogP contribution in [-0.2, 0) is 6.54 Å². The summed E-state index contributed by atoms with van der Waals surface area (Å²) in [5.41, 5.74) is 1.83. The molecule has 1 heterocycles. The second-order valence-electron chi connectivity index (χ2n) is 4.70. The van der Waals surface area contributed by atoms with Gasteiger partial charge in [0.2, 0.25) is 0 Å². The first kappa shape index (κ1) is 12.8. The Morgan fingerprint density at radius 1 is 1.00 bits per heavy atom. The molecule has 0 spiro atoms. The summed E-state index contributed by atoms with van der Waals surface area (Å²) in [5.74, 6) is 1.31. The van der Waals surface area contributed by atoms with Crippen LogP contribution in [0.4, 0.5) is 10.1 Å². The number of nitrogens with one attached hydrogen (secondary N) is 1. The van der Waals surface area contributed by atoms with Crippen molar-refractivity contribution in [2.45, 2.75) is 13.0 Å². The van der Waals surface area contributed by atoms with Gasteiger partial charge < -0.3 is 14.8 Å². The number of anilines is 1. The van der Waals surface area contributed by atoms with E-state index in [1.54, 1.807) is 6.07 Å². The van der Waals surface area contributed by atoms with E-state index in [0.29, 0.717) is 19.8 Å². The van der Waals surface area contributed by atoms with Gasteiger partial charge in [0.05, 0.1) is 13.2 Å². The van der Waals surface area contributed by atoms with Gasteiger partial charge in [-0.1, -0.05) is 12.1 Å². The van der Waals surface area contributed by atoms with Crippen LogP contribution in [0.1, 0.15) is 12.0 Å². The minimum Gasteiger partial charge on any atom is -0.490 e. The van der Waals surface area contributed by atoms with Crippen molar-refractivity contribution in [1.29, 1.82) is 0 Å². The van der Waals surface area contributed by atoms with Crippen LogP contribution < -0.4 is 14.8 Å². The third kappa shape index (κ3) is 3.02. The van der Waals surface area contributed by atoms with Gasteiger partial charge in [-0.25, -0.2) is 4.39 Å². The average molecular weight is 273 g/mol. The summed E-state index contributed by atoms with van der Waals surface area (Å²) in [6, 6.07) is 12.3. The van der Waals surface area contributed by atoms with Crippen molar-refractivity contribution < 1.29 is 13.9 Å². The van der Waals surface area contributed by atoms with Crippen LogP contribution in [0.15, 0.2) is 42.5 Å². The molecular formula is C16H16FNO2. The molecule has 0 radical (unpaired) electrons. The maximum Gasteiger partial charge on any atom is 0.163 e. The van der Waals surface area contributed by atoms with Crippen molar-refractivity contribution in [2.24, 2.45) is 0 Å². The molecule has 104 valence electrons. The number of benzene rings is 2. The third-order valence-electron chi connectivity index (χ3n) is 3.13. The van der Waals surface area contributed by atoms with Gasteiger partial charge in [0.25, 0.3) is 0 Å². The lowest BCUT2D eigenvalue weighted by Gasteiger charge is -2.11. The Bertz CT molecular complexity index is 601. The quantitative estimate of drug-likeness (QED) is 0.927. The number of fused-ring (bicyclic) bond motifs is 1. The SMILES string of the molecule is Fc1cccc(CNc2ccc3c(c2)OCCCO3)c1. The monoisotopic (exact) mass is 273 g/mol. The van der Waals surface area contributed by atoms with E-state index in [-0.39, 0.29) is 5.82 Å². The molecular weight excluding hydrogens is 257 g/mol. The number of hydrogen-bond donors (Lipinski definition) is 1. The largest absolute Gasteiger partial charge is 0.490 e. The van der Waals surface area contributed by atoms with Crippen LogP contribution in [0.5, 0.6) is 11.5 Å². The summed E-state index contributed by atoms with van der Waals surface area (Å²) in [7, 11) is 0. The van der Waals surface area contributed by atoms with Crippen LogP contribution in [0.2, 0.25) is 0 Å². The Morgan fingerprint density at radius 2 is 1.85 bits per heavy atom. The van der Waals surface area contributed by atoms with Crippen LogP contribution >= 0.6 is 0 Å². The molecule has 0 amide bonds. The molecule has 20 heavy (non-hydrogen) atoms. The maximum atomic E-state index is 13.1. The van der Waals surface area contributed by atoms with E-state index in [2.05, 4.69) is 5.32 Å². The van der Waals surface area contributed by atoms with Gasteiger partial charge >= 0.3 is 0 Å².